The first-order valence-electron chi connectivity index (χ1n) is 4.17. The number of benzene rings is 1. The van der Waals surface area contributed by atoms with E-state index in [9.17, 15) is 8.78 Å². The van der Waals surface area contributed by atoms with Crippen LogP contribution in [-0.2, 0) is 6.42 Å². The molecule has 0 atom stereocenters. The molecule has 1 aromatic carbocycles. The lowest BCUT2D eigenvalue weighted by molar-refractivity contribution is 0.591. The zero-order valence-corrected chi connectivity index (χ0v) is 7.20. The third-order valence-electron chi connectivity index (χ3n) is 2.16. The zero-order chi connectivity index (χ0) is 9.42. The molecule has 13 heavy (non-hydrogen) atoms. The molecule has 1 N–H and O–H groups in total. The standard InChI is InChI=1S/C10H9F2N/c1-2-6-5-13-9-4-7(11)3-8(12)10(6)9/h3-5,13H,2H2,1H3. The fraction of sp³-hybridized carbons (Fsp3) is 0.200. The van der Waals surface area contributed by atoms with Crippen molar-refractivity contribution in [1.82, 2.24) is 4.98 Å². The molecule has 0 saturated carbocycles. The van der Waals surface area contributed by atoms with E-state index < -0.39 is 11.6 Å². The van der Waals surface area contributed by atoms with Crippen LogP contribution in [0.4, 0.5) is 8.78 Å². The van der Waals surface area contributed by atoms with E-state index in [4.69, 9.17) is 0 Å². The summed E-state index contributed by atoms with van der Waals surface area (Å²) >= 11 is 0. The molecule has 0 aliphatic rings. The topological polar surface area (TPSA) is 15.8 Å². The molecule has 68 valence electrons. The number of nitrogens with one attached hydrogen (secondary N) is 1. The van der Waals surface area contributed by atoms with Gasteiger partial charge in [0.1, 0.15) is 11.6 Å². The molecule has 1 aromatic heterocycles. The number of hydrogen-bond donors (Lipinski definition) is 1. The maximum absolute atomic E-state index is 13.3. The van der Waals surface area contributed by atoms with Crippen molar-refractivity contribution in [2.24, 2.45) is 0 Å². The van der Waals surface area contributed by atoms with Gasteiger partial charge in [0.2, 0.25) is 0 Å². The lowest BCUT2D eigenvalue weighted by atomic mass is 10.1. The molecule has 0 spiro atoms. The van der Waals surface area contributed by atoms with Crippen molar-refractivity contribution in [3.8, 4) is 0 Å². The van der Waals surface area contributed by atoms with E-state index in [2.05, 4.69) is 4.98 Å². The normalized spacial score (nSPS) is 11.0. The second-order valence-electron chi connectivity index (χ2n) is 2.98. The Balaban J connectivity index is 2.82. The molecule has 2 aromatic rings. The first kappa shape index (κ1) is 8.23. The summed E-state index contributed by atoms with van der Waals surface area (Å²) in [7, 11) is 0. The Morgan fingerprint density at radius 2 is 2.08 bits per heavy atom. The van der Waals surface area contributed by atoms with Gasteiger partial charge in [-0.15, -0.1) is 0 Å². The maximum Gasteiger partial charge on any atom is 0.135 e. The van der Waals surface area contributed by atoms with Gasteiger partial charge in [-0.2, -0.15) is 0 Å². The first-order valence-corrected chi connectivity index (χ1v) is 4.17. The van der Waals surface area contributed by atoms with Crippen molar-refractivity contribution in [2.45, 2.75) is 13.3 Å². The number of hydrogen-bond acceptors (Lipinski definition) is 0. The molecule has 0 radical (unpaired) electrons. The number of halogens is 2. The molecular formula is C10H9F2N. The van der Waals surface area contributed by atoms with Crippen molar-refractivity contribution < 1.29 is 8.78 Å². The van der Waals surface area contributed by atoms with Gasteiger partial charge in [-0.25, -0.2) is 8.78 Å². The minimum Gasteiger partial charge on any atom is -0.361 e. The fourth-order valence-electron chi connectivity index (χ4n) is 1.53. The SMILES string of the molecule is CCc1c[nH]c2cc(F)cc(F)c12. The number of aryl methyl sites for hydroxylation is 1. The summed E-state index contributed by atoms with van der Waals surface area (Å²) in [4.78, 5) is 2.84. The molecule has 0 unspecified atom stereocenters. The Hall–Kier alpha value is -1.38. The van der Waals surface area contributed by atoms with Gasteiger partial charge >= 0.3 is 0 Å². The van der Waals surface area contributed by atoms with E-state index in [1.165, 1.54) is 6.07 Å². The number of rotatable bonds is 1. The average Bonchev–Trinajstić information content (AvgIpc) is 2.47. The van der Waals surface area contributed by atoms with Gasteiger partial charge in [0.25, 0.3) is 0 Å². The van der Waals surface area contributed by atoms with Crippen LogP contribution in [0.2, 0.25) is 0 Å². The van der Waals surface area contributed by atoms with Crippen LogP contribution < -0.4 is 0 Å². The van der Waals surface area contributed by atoms with Gasteiger partial charge in [0.05, 0.1) is 5.52 Å². The van der Waals surface area contributed by atoms with E-state index in [0.717, 1.165) is 18.1 Å². The average molecular weight is 181 g/mol. The summed E-state index contributed by atoms with van der Waals surface area (Å²) in [5.74, 6) is -1.04. The van der Waals surface area contributed by atoms with Crippen LogP contribution in [0.15, 0.2) is 18.3 Å². The van der Waals surface area contributed by atoms with Gasteiger partial charge < -0.3 is 4.98 Å². The first-order chi connectivity index (χ1) is 6.22. The van der Waals surface area contributed by atoms with Crippen LogP contribution in [-0.4, -0.2) is 4.98 Å². The molecule has 2 rings (SSSR count). The lowest BCUT2D eigenvalue weighted by Gasteiger charge is -1.96. The molecule has 0 fully saturated rings. The Morgan fingerprint density at radius 3 is 2.77 bits per heavy atom. The summed E-state index contributed by atoms with van der Waals surface area (Å²) in [6, 6.07) is 2.22. The fourth-order valence-corrected chi connectivity index (χ4v) is 1.53. The van der Waals surface area contributed by atoms with E-state index in [1.807, 2.05) is 6.92 Å². The van der Waals surface area contributed by atoms with Gasteiger partial charge in [-0.3, -0.25) is 0 Å². The Morgan fingerprint density at radius 1 is 1.31 bits per heavy atom. The predicted octanol–water partition coefficient (Wildman–Crippen LogP) is 3.01. The third kappa shape index (κ3) is 1.20. The van der Waals surface area contributed by atoms with E-state index in [1.54, 1.807) is 6.20 Å². The Labute approximate surface area is 74.4 Å². The van der Waals surface area contributed by atoms with Crippen LogP contribution in [0.5, 0.6) is 0 Å². The molecule has 0 aliphatic carbocycles. The molecule has 0 amide bonds. The molecule has 3 heteroatoms. The number of fused-ring (bicyclic) bond motifs is 1. The molecule has 0 aliphatic heterocycles. The lowest BCUT2D eigenvalue weighted by Crippen LogP contribution is -1.83. The van der Waals surface area contributed by atoms with Crippen LogP contribution >= 0.6 is 0 Å². The smallest absolute Gasteiger partial charge is 0.135 e. The predicted molar refractivity (Wildman–Crippen MR) is 47.6 cm³/mol. The van der Waals surface area contributed by atoms with Crippen LogP contribution in [0.25, 0.3) is 10.9 Å². The quantitative estimate of drug-likeness (QED) is 0.696. The molecular weight excluding hydrogens is 172 g/mol. The summed E-state index contributed by atoms with van der Waals surface area (Å²) in [5, 5.41) is 0.504. The highest BCUT2D eigenvalue weighted by atomic mass is 19.1. The Bertz CT molecular complexity index is 445. The van der Waals surface area contributed by atoms with E-state index in [-0.39, 0.29) is 0 Å². The van der Waals surface area contributed by atoms with Crippen LogP contribution in [0.3, 0.4) is 0 Å². The second-order valence-corrected chi connectivity index (χ2v) is 2.98. The van der Waals surface area contributed by atoms with Crippen LogP contribution in [0, 0.1) is 11.6 Å². The van der Waals surface area contributed by atoms with E-state index in [0.29, 0.717) is 10.9 Å². The summed E-state index contributed by atoms with van der Waals surface area (Å²) in [6.07, 6.45) is 2.45. The van der Waals surface area contributed by atoms with Crippen molar-refractivity contribution in [3.63, 3.8) is 0 Å². The number of aromatic nitrogens is 1. The van der Waals surface area contributed by atoms with Crippen molar-refractivity contribution in [3.05, 3.63) is 35.5 Å². The highest BCUT2D eigenvalue weighted by molar-refractivity contribution is 5.83. The minimum atomic E-state index is -0.547. The van der Waals surface area contributed by atoms with Gasteiger partial charge in [-0.05, 0) is 18.1 Å². The van der Waals surface area contributed by atoms with Crippen molar-refractivity contribution in [2.75, 3.05) is 0 Å². The maximum atomic E-state index is 13.3. The molecule has 1 heterocycles. The number of aromatic amines is 1. The largest absolute Gasteiger partial charge is 0.361 e. The zero-order valence-electron chi connectivity index (χ0n) is 7.20. The highest BCUT2D eigenvalue weighted by Gasteiger charge is 2.08. The van der Waals surface area contributed by atoms with E-state index >= 15 is 0 Å². The minimum absolute atomic E-state index is 0.492. The summed E-state index contributed by atoms with van der Waals surface area (Å²) < 4.78 is 26.0. The van der Waals surface area contributed by atoms with Gasteiger partial charge in [-0.1, -0.05) is 6.92 Å². The molecule has 0 saturated heterocycles. The monoisotopic (exact) mass is 181 g/mol. The highest BCUT2D eigenvalue weighted by Crippen LogP contribution is 2.22. The molecule has 1 nitrogen and oxygen atoms in total. The second kappa shape index (κ2) is 2.83. The van der Waals surface area contributed by atoms with Crippen molar-refractivity contribution >= 4 is 10.9 Å². The molecule has 0 bridgehead atoms. The third-order valence-corrected chi connectivity index (χ3v) is 2.16. The summed E-state index contributed by atoms with van der Waals surface area (Å²) in [5.41, 5.74) is 1.40. The van der Waals surface area contributed by atoms with Crippen LogP contribution in [0.1, 0.15) is 12.5 Å². The summed E-state index contributed by atoms with van der Waals surface area (Å²) in [6.45, 7) is 1.94. The van der Waals surface area contributed by atoms with Crippen molar-refractivity contribution in [1.29, 1.82) is 0 Å². The number of H-pyrrole nitrogens is 1. The van der Waals surface area contributed by atoms with Gasteiger partial charge in [0.15, 0.2) is 0 Å². The Kier molecular flexibility index (Phi) is 1.79. The van der Waals surface area contributed by atoms with Gasteiger partial charge in [0, 0.05) is 17.6 Å².